The third-order valence-corrected chi connectivity index (χ3v) is 3.87. The highest BCUT2D eigenvalue weighted by atomic mass is 35.5. The molecule has 0 aliphatic heterocycles. The fraction of sp³-hybridized carbons (Fsp3) is 0.500. The third kappa shape index (κ3) is 5.23. The second kappa shape index (κ2) is 10.3. The van der Waals surface area contributed by atoms with Gasteiger partial charge in [0.25, 0.3) is 0 Å². The molecule has 5 nitrogen and oxygen atoms in total. The standard InChI is InChI=1S/C18H26N2O3.ClH/c1-4-10-20(18(21)13-19-9-11-22-3)14(2)17-12-15-7-5-6-8-16(15)23-17;/h5-8,12,14,19H,4,9-11,13H2,1-3H3;1H. The molecule has 6 heteroatoms. The average Bonchev–Trinajstić information content (AvgIpc) is 3.00. The van der Waals surface area contributed by atoms with Crippen molar-refractivity contribution in [2.45, 2.75) is 26.3 Å². The van der Waals surface area contributed by atoms with Crippen molar-refractivity contribution in [3.8, 4) is 0 Å². The van der Waals surface area contributed by atoms with Crippen LogP contribution in [-0.2, 0) is 9.53 Å². The lowest BCUT2D eigenvalue weighted by molar-refractivity contribution is -0.132. The molecule has 0 aliphatic rings. The van der Waals surface area contributed by atoms with Crippen LogP contribution in [0.5, 0.6) is 0 Å². The second-order valence-electron chi connectivity index (χ2n) is 5.62. The molecule has 134 valence electrons. The van der Waals surface area contributed by atoms with Crippen molar-refractivity contribution < 1.29 is 13.9 Å². The maximum atomic E-state index is 12.5. The third-order valence-electron chi connectivity index (χ3n) is 3.87. The molecular weight excluding hydrogens is 328 g/mol. The Bertz CT molecular complexity index is 597. The number of hydrogen-bond donors (Lipinski definition) is 1. The lowest BCUT2D eigenvalue weighted by Gasteiger charge is -2.28. The number of methoxy groups -OCH3 is 1. The molecule has 1 amide bonds. The Kier molecular flexibility index (Phi) is 8.82. The summed E-state index contributed by atoms with van der Waals surface area (Å²) in [5, 5.41) is 4.18. The van der Waals surface area contributed by atoms with Crippen LogP contribution >= 0.6 is 12.4 Å². The number of hydrogen-bond acceptors (Lipinski definition) is 4. The molecule has 1 heterocycles. The van der Waals surface area contributed by atoms with E-state index < -0.39 is 0 Å². The van der Waals surface area contributed by atoms with Crippen molar-refractivity contribution in [3.05, 3.63) is 36.1 Å². The van der Waals surface area contributed by atoms with Crippen molar-refractivity contribution >= 4 is 29.3 Å². The van der Waals surface area contributed by atoms with Gasteiger partial charge in [-0.05, 0) is 25.5 Å². The molecule has 0 radical (unpaired) electrons. The van der Waals surface area contributed by atoms with E-state index >= 15 is 0 Å². The van der Waals surface area contributed by atoms with Crippen LogP contribution in [0.3, 0.4) is 0 Å². The highest BCUT2D eigenvalue weighted by Crippen LogP contribution is 2.27. The number of amides is 1. The molecular formula is C18H27ClN2O3. The molecule has 0 bridgehead atoms. The molecule has 1 aromatic heterocycles. The molecule has 2 aromatic rings. The van der Waals surface area contributed by atoms with E-state index in [4.69, 9.17) is 9.15 Å². The van der Waals surface area contributed by atoms with Crippen LogP contribution in [-0.4, -0.2) is 44.2 Å². The fourth-order valence-electron chi connectivity index (χ4n) is 2.61. The summed E-state index contributed by atoms with van der Waals surface area (Å²) in [6, 6.07) is 9.85. The minimum atomic E-state index is -0.0842. The van der Waals surface area contributed by atoms with Gasteiger partial charge in [0.05, 0.1) is 19.2 Å². The number of benzene rings is 1. The van der Waals surface area contributed by atoms with Crippen LogP contribution < -0.4 is 5.32 Å². The zero-order valence-corrected chi connectivity index (χ0v) is 15.4. The number of halogens is 1. The first-order chi connectivity index (χ1) is 11.2. The molecule has 1 N–H and O–H groups in total. The van der Waals surface area contributed by atoms with Gasteiger partial charge in [0.2, 0.25) is 5.91 Å². The highest BCUT2D eigenvalue weighted by molar-refractivity contribution is 5.85. The van der Waals surface area contributed by atoms with E-state index in [2.05, 4.69) is 12.2 Å². The van der Waals surface area contributed by atoms with Crippen LogP contribution in [0.2, 0.25) is 0 Å². The summed E-state index contributed by atoms with van der Waals surface area (Å²) in [5.41, 5.74) is 0.858. The van der Waals surface area contributed by atoms with Gasteiger partial charge < -0.3 is 19.4 Å². The van der Waals surface area contributed by atoms with Gasteiger partial charge in [-0.2, -0.15) is 0 Å². The van der Waals surface area contributed by atoms with Gasteiger partial charge in [0.15, 0.2) is 0 Å². The number of fused-ring (bicyclic) bond motifs is 1. The van der Waals surface area contributed by atoms with E-state index in [-0.39, 0.29) is 24.4 Å². The number of nitrogens with one attached hydrogen (secondary N) is 1. The van der Waals surface area contributed by atoms with Crippen LogP contribution in [0, 0.1) is 0 Å². The Morgan fingerprint density at radius 1 is 1.38 bits per heavy atom. The first-order valence-electron chi connectivity index (χ1n) is 8.15. The summed E-state index contributed by atoms with van der Waals surface area (Å²) in [6.07, 6.45) is 0.911. The monoisotopic (exact) mass is 354 g/mol. The summed E-state index contributed by atoms with van der Waals surface area (Å²) >= 11 is 0. The van der Waals surface area contributed by atoms with Gasteiger partial charge in [-0.1, -0.05) is 25.1 Å². The molecule has 0 saturated carbocycles. The van der Waals surface area contributed by atoms with Crippen molar-refractivity contribution in [1.29, 1.82) is 0 Å². The van der Waals surface area contributed by atoms with Crippen molar-refractivity contribution in [2.75, 3.05) is 33.4 Å². The van der Waals surface area contributed by atoms with Gasteiger partial charge in [-0.15, -0.1) is 12.4 Å². The SMILES string of the molecule is CCCN(C(=O)CNCCOC)C(C)c1cc2ccccc2o1.Cl. The summed E-state index contributed by atoms with van der Waals surface area (Å²) in [5.74, 6) is 0.904. The quantitative estimate of drug-likeness (QED) is 0.701. The Labute approximate surface area is 149 Å². The van der Waals surface area contributed by atoms with Gasteiger partial charge in [0, 0.05) is 25.6 Å². The zero-order chi connectivity index (χ0) is 16.7. The Hall–Kier alpha value is -1.56. The second-order valence-corrected chi connectivity index (χ2v) is 5.62. The van der Waals surface area contributed by atoms with E-state index in [0.717, 1.165) is 23.2 Å². The molecule has 0 spiro atoms. The first kappa shape index (κ1) is 20.5. The number of furan rings is 1. The lowest BCUT2D eigenvalue weighted by atomic mass is 10.2. The molecule has 2 rings (SSSR count). The molecule has 0 saturated heterocycles. The Morgan fingerprint density at radius 3 is 2.79 bits per heavy atom. The fourth-order valence-corrected chi connectivity index (χ4v) is 2.61. The van der Waals surface area contributed by atoms with Crippen LogP contribution in [0.25, 0.3) is 11.0 Å². The van der Waals surface area contributed by atoms with E-state index in [9.17, 15) is 4.79 Å². The number of carbonyl (C=O) groups is 1. The van der Waals surface area contributed by atoms with Crippen LogP contribution in [0.4, 0.5) is 0 Å². The molecule has 1 atom stereocenters. The summed E-state index contributed by atoms with van der Waals surface area (Å²) < 4.78 is 10.9. The van der Waals surface area contributed by atoms with Crippen molar-refractivity contribution in [3.63, 3.8) is 0 Å². The predicted molar refractivity (Wildman–Crippen MR) is 98.6 cm³/mol. The number of ether oxygens (including phenoxy) is 1. The highest BCUT2D eigenvalue weighted by Gasteiger charge is 2.23. The van der Waals surface area contributed by atoms with Gasteiger partial charge in [-0.25, -0.2) is 0 Å². The van der Waals surface area contributed by atoms with E-state index in [1.54, 1.807) is 7.11 Å². The number of rotatable bonds is 9. The Morgan fingerprint density at radius 2 is 2.12 bits per heavy atom. The normalized spacial score (nSPS) is 12.0. The van der Waals surface area contributed by atoms with E-state index in [1.165, 1.54) is 0 Å². The largest absolute Gasteiger partial charge is 0.459 e. The van der Waals surface area contributed by atoms with E-state index in [0.29, 0.717) is 26.2 Å². The van der Waals surface area contributed by atoms with Crippen LogP contribution in [0.1, 0.15) is 32.1 Å². The molecule has 0 fully saturated rings. The van der Waals surface area contributed by atoms with Gasteiger partial charge in [-0.3, -0.25) is 4.79 Å². The topological polar surface area (TPSA) is 54.7 Å². The van der Waals surface area contributed by atoms with E-state index in [1.807, 2.05) is 42.2 Å². The maximum Gasteiger partial charge on any atom is 0.237 e. The minimum absolute atomic E-state index is 0. The molecule has 1 aromatic carbocycles. The summed E-state index contributed by atoms with van der Waals surface area (Å²) in [6.45, 7) is 6.38. The smallest absolute Gasteiger partial charge is 0.237 e. The van der Waals surface area contributed by atoms with Crippen molar-refractivity contribution in [2.24, 2.45) is 0 Å². The lowest BCUT2D eigenvalue weighted by Crippen LogP contribution is -2.40. The van der Waals surface area contributed by atoms with Gasteiger partial charge >= 0.3 is 0 Å². The molecule has 24 heavy (non-hydrogen) atoms. The zero-order valence-electron chi connectivity index (χ0n) is 14.6. The van der Waals surface area contributed by atoms with Crippen LogP contribution in [0.15, 0.2) is 34.7 Å². The number of carbonyl (C=O) groups excluding carboxylic acids is 1. The molecule has 0 aliphatic carbocycles. The molecule has 1 unspecified atom stereocenters. The maximum absolute atomic E-state index is 12.5. The minimum Gasteiger partial charge on any atom is -0.459 e. The van der Waals surface area contributed by atoms with Gasteiger partial charge in [0.1, 0.15) is 11.3 Å². The Balaban J connectivity index is 0.00000288. The van der Waals surface area contributed by atoms with Crippen molar-refractivity contribution in [1.82, 2.24) is 10.2 Å². The number of para-hydroxylation sites is 1. The first-order valence-corrected chi connectivity index (χ1v) is 8.15. The summed E-state index contributed by atoms with van der Waals surface area (Å²) in [4.78, 5) is 14.4. The summed E-state index contributed by atoms with van der Waals surface area (Å²) in [7, 11) is 1.65. The predicted octanol–water partition coefficient (Wildman–Crippen LogP) is 3.39. The number of nitrogens with zero attached hydrogens (tertiary/aromatic N) is 1. The average molecular weight is 355 g/mol.